The second kappa shape index (κ2) is 5.27. The Balaban J connectivity index is 1.97. The van der Waals surface area contributed by atoms with E-state index in [-0.39, 0.29) is 17.8 Å². The van der Waals surface area contributed by atoms with E-state index in [1.54, 1.807) is 19.1 Å². The lowest BCUT2D eigenvalue weighted by atomic mass is 10.1. The fourth-order valence-electron chi connectivity index (χ4n) is 2.14. The molecule has 1 fully saturated rings. The molecule has 0 radical (unpaired) electrons. The molecule has 1 amide bonds. The second-order valence-corrected chi connectivity index (χ2v) is 4.48. The average molecular weight is 236 g/mol. The highest BCUT2D eigenvalue weighted by atomic mass is 19.1. The molecule has 0 aromatic heterocycles. The molecule has 1 unspecified atom stereocenters. The van der Waals surface area contributed by atoms with Crippen molar-refractivity contribution in [2.24, 2.45) is 0 Å². The molecule has 2 rings (SSSR count). The summed E-state index contributed by atoms with van der Waals surface area (Å²) in [6, 6.07) is 5.02. The van der Waals surface area contributed by atoms with Crippen LogP contribution in [0.2, 0.25) is 0 Å². The van der Waals surface area contributed by atoms with Gasteiger partial charge in [0, 0.05) is 12.5 Å². The average Bonchev–Trinajstić information content (AvgIpc) is 2.76. The third kappa shape index (κ3) is 3.03. The van der Waals surface area contributed by atoms with E-state index in [9.17, 15) is 9.18 Å². The zero-order chi connectivity index (χ0) is 12.3. The van der Waals surface area contributed by atoms with Crippen LogP contribution in [0.1, 0.15) is 24.8 Å². The SMILES string of the molecule is Cc1cccc(F)c1NC(=O)CC1CCCN1. The molecule has 1 saturated heterocycles. The molecule has 4 heteroatoms. The third-order valence-corrected chi connectivity index (χ3v) is 3.08. The van der Waals surface area contributed by atoms with E-state index in [0.717, 1.165) is 24.9 Å². The summed E-state index contributed by atoms with van der Waals surface area (Å²) in [5.41, 5.74) is 1.05. The second-order valence-electron chi connectivity index (χ2n) is 4.48. The minimum absolute atomic E-state index is 0.127. The number of carbonyl (C=O) groups excluding carboxylic acids is 1. The number of hydrogen-bond acceptors (Lipinski definition) is 2. The van der Waals surface area contributed by atoms with Crippen molar-refractivity contribution in [1.29, 1.82) is 0 Å². The molecule has 2 N–H and O–H groups in total. The minimum Gasteiger partial charge on any atom is -0.323 e. The van der Waals surface area contributed by atoms with Gasteiger partial charge in [-0.3, -0.25) is 4.79 Å². The number of benzene rings is 1. The van der Waals surface area contributed by atoms with Gasteiger partial charge in [0.25, 0.3) is 0 Å². The van der Waals surface area contributed by atoms with Crippen molar-refractivity contribution in [3.05, 3.63) is 29.6 Å². The van der Waals surface area contributed by atoms with Gasteiger partial charge in [-0.25, -0.2) is 4.39 Å². The van der Waals surface area contributed by atoms with E-state index < -0.39 is 0 Å². The van der Waals surface area contributed by atoms with Crippen molar-refractivity contribution in [1.82, 2.24) is 5.32 Å². The summed E-state index contributed by atoms with van der Waals surface area (Å²) in [5, 5.41) is 5.90. The standard InChI is InChI=1S/C13H17FN2O/c1-9-4-2-6-11(14)13(9)16-12(17)8-10-5-3-7-15-10/h2,4,6,10,15H,3,5,7-8H2,1H3,(H,16,17). The van der Waals surface area contributed by atoms with Crippen molar-refractivity contribution in [2.45, 2.75) is 32.2 Å². The van der Waals surface area contributed by atoms with Gasteiger partial charge in [-0.1, -0.05) is 12.1 Å². The Morgan fingerprint density at radius 3 is 3.06 bits per heavy atom. The summed E-state index contributed by atoms with van der Waals surface area (Å²) in [6.07, 6.45) is 2.54. The fraction of sp³-hybridized carbons (Fsp3) is 0.462. The lowest BCUT2D eigenvalue weighted by Gasteiger charge is -2.12. The van der Waals surface area contributed by atoms with Crippen molar-refractivity contribution < 1.29 is 9.18 Å². The van der Waals surface area contributed by atoms with Gasteiger partial charge in [-0.15, -0.1) is 0 Å². The van der Waals surface area contributed by atoms with Crippen LogP contribution in [0.4, 0.5) is 10.1 Å². The fourth-order valence-corrected chi connectivity index (χ4v) is 2.14. The third-order valence-electron chi connectivity index (χ3n) is 3.08. The van der Waals surface area contributed by atoms with Crippen LogP contribution < -0.4 is 10.6 Å². The largest absolute Gasteiger partial charge is 0.323 e. The van der Waals surface area contributed by atoms with E-state index >= 15 is 0 Å². The molecule has 92 valence electrons. The summed E-state index contributed by atoms with van der Waals surface area (Å²) in [7, 11) is 0. The first-order valence-electron chi connectivity index (χ1n) is 5.95. The molecule has 3 nitrogen and oxygen atoms in total. The lowest BCUT2D eigenvalue weighted by Crippen LogP contribution is -2.27. The Labute approximate surface area is 100 Å². The van der Waals surface area contributed by atoms with Crippen LogP contribution in [0, 0.1) is 12.7 Å². The molecule has 0 bridgehead atoms. The topological polar surface area (TPSA) is 41.1 Å². The van der Waals surface area contributed by atoms with Crippen LogP contribution >= 0.6 is 0 Å². The van der Waals surface area contributed by atoms with Crippen LogP contribution in [0.5, 0.6) is 0 Å². The summed E-state index contributed by atoms with van der Waals surface area (Å²) >= 11 is 0. The monoisotopic (exact) mass is 236 g/mol. The van der Waals surface area contributed by atoms with Gasteiger partial charge in [0.2, 0.25) is 5.91 Å². The van der Waals surface area contributed by atoms with Gasteiger partial charge in [0.05, 0.1) is 5.69 Å². The van der Waals surface area contributed by atoms with Crippen LogP contribution in [0.15, 0.2) is 18.2 Å². The number of rotatable bonds is 3. The van der Waals surface area contributed by atoms with Gasteiger partial charge in [0.15, 0.2) is 0 Å². The summed E-state index contributed by atoms with van der Waals surface area (Å²) < 4.78 is 13.5. The molecular weight excluding hydrogens is 219 g/mol. The van der Waals surface area contributed by atoms with Crippen LogP contribution in [-0.2, 0) is 4.79 Å². The lowest BCUT2D eigenvalue weighted by molar-refractivity contribution is -0.116. The zero-order valence-corrected chi connectivity index (χ0v) is 9.92. The van der Waals surface area contributed by atoms with Crippen molar-refractivity contribution in [3.63, 3.8) is 0 Å². The first-order valence-corrected chi connectivity index (χ1v) is 5.95. The van der Waals surface area contributed by atoms with E-state index in [1.165, 1.54) is 6.07 Å². The minimum atomic E-state index is -0.377. The number of nitrogens with one attached hydrogen (secondary N) is 2. The van der Waals surface area contributed by atoms with Gasteiger partial charge in [0.1, 0.15) is 5.82 Å². The molecule has 0 aliphatic carbocycles. The van der Waals surface area contributed by atoms with Crippen molar-refractivity contribution in [3.8, 4) is 0 Å². The Morgan fingerprint density at radius 1 is 1.59 bits per heavy atom. The molecule has 0 saturated carbocycles. The number of anilines is 1. The molecule has 1 aliphatic heterocycles. The smallest absolute Gasteiger partial charge is 0.226 e. The highest BCUT2D eigenvalue weighted by Crippen LogP contribution is 2.19. The van der Waals surface area contributed by atoms with Gasteiger partial charge in [-0.05, 0) is 37.9 Å². The number of carbonyl (C=O) groups is 1. The molecule has 1 atom stereocenters. The van der Waals surface area contributed by atoms with Crippen molar-refractivity contribution in [2.75, 3.05) is 11.9 Å². The molecule has 1 aromatic carbocycles. The summed E-state index contributed by atoms with van der Waals surface area (Å²) in [4.78, 5) is 11.8. The molecule has 17 heavy (non-hydrogen) atoms. The van der Waals surface area contributed by atoms with E-state index in [2.05, 4.69) is 10.6 Å². The Kier molecular flexibility index (Phi) is 3.74. The Bertz CT molecular complexity index is 394. The van der Waals surface area contributed by atoms with Crippen LogP contribution in [0.25, 0.3) is 0 Å². The van der Waals surface area contributed by atoms with Crippen LogP contribution in [-0.4, -0.2) is 18.5 Å². The number of para-hydroxylation sites is 1. The maximum absolute atomic E-state index is 13.5. The highest BCUT2D eigenvalue weighted by molar-refractivity contribution is 5.92. The maximum Gasteiger partial charge on any atom is 0.226 e. The molecule has 1 aliphatic rings. The quantitative estimate of drug-likeness (QED) is 0.844. The predicted octanol–water partition coefficient (Wildman–Crippen LogP) is 2.21. The molecule has 1 heterocycles. The number of halogens is 1. The molecule has 1 aromatic rings. The van der Waals surface area contributed by atoms with Gasteiger partial charge < -0.3 is 10.6 Å². The van der Waals surface area contributed by atoms with E-state index in [0.29, 0.717) is 12.1 Å². The number of amides is 1. The Morgan fingerprint density at radius 2 is 2.41 bits per heavy atom. The highest BCUT2D eigenvalue weighted by Gasteiger charge is 2.18. The zero-order valence-electron chi connectivity index (χ0n) is 9.92. The number of hydrogen-bond donors (Lipinski definition) is 2. The normalized spacial score (nSPS) is 19.3. The van der Waals surface area contributed by atoms with Gasteiger partial charge >= 0.3 is 0 Å². The van der Waals surface area contributed by atoms with E-state index in [1.807, 2.05) is 0 Å². The first kappa shape index (κ1) is 12.0. The van der Waals surface area contributed by atoms with Crippen LogP contribution in [0.3, 0.4) is 0 Å². The Hall–Kier alpha value is -1.42. The predicted molar refractivity (Wildman–Crippen MR) is 65.4 cm³/mol. The summed E-state index contributed by atoms with van der Waals surface area (Å²) in [5.74, 6) is -0.504. The number of aryl methyl sites for hydroxylation is 1. The van der Waals surface area contributed by atoms with Gasteiger partial charge in [-0.2, -0.15) is 0 Å². The molecule has 0 spiro atoms. The van der Waals surface area contributed by atoms with Crippen molar-refractivity contribution >= 4 is 11.6 Å². The van der Waals surface area contributed by atoms with E-state index in [4.69, 9.17) is 0 Å². The maximum atomic E-state index is 13.5. The summed E-state index contributed by atoms with van der Waals surface area (Å²) in [6.45, 7) is 2.75. The molecular formula is C13H17FN2O. The first-order chi connectivity index (χ1) is 8.16.